The van der Waals surface area contributed by atoms with E-state index in [1.165, 1.54) is 5.56 Å². The Balaban J connectivity index is 2.18. The molecular formula is C12H19NO4S. The maximum atomic E-state index is 10.6. The van der Waals surface area contributed by atoms with Crippen LogP contribution in [-0.4, -0.2) is 34.0 Å². The molecule has 0 unspecified atom stereocenters. The van der Waals surface area contributed by atoms with Gasteiger partial charge in [0.2, 0.25) is 10.0 Å². The molecule has 0 bridgehead atoms. The Kier molecular flexibility index (Phi) is 6.11. The van der Waals surface area contributed by atoms with Crippen LogP contribution in [0.4, 0.5) is 0 Å². The molecule has 0 spiro atoms. The predicted molar refractivity (Wildman–Crippen MR) is 70.1 cm³/mol. The summed E-state index contributed by atoms with van der Waals surface area (Å²) in [6, 6.07) is 7.83. The van der Waals surface area contributed by atoms with Crippen LogP contribution in [0.25, 0.3) is 0 Å². The summed E-state index contributed by atoms with van der Waals surface area (Å²) < 4.78 is 31.8. The lowest BCUT2D eigenvalue weighted by Crippen LogP contribution is -2.21. The average Bonchev–Trinajstić information content (AvgIpc) is 2.32. The monoisotopic (exact) mass is 273 g/mol. The highest BCUT2D eigenvalue weighted by Gasteiger charge is 2.01. The molecule has 18 heavy (non-hydrogen) atoms. The fourth-order valence-corrected chi connectivity index (χ4v) is 1.70. The molecule has 0 aliphatic rings. The van der Waals surface area contributed by atoms with Gasteiger partial charge in [0.15, 0.2) is 0 Å². The first-order valence-corrected chi connectivity index (χ1v) is 7.53. The van der Waals surface area contributed by atoms with E-state index in [9.17, 15) is 8.42 Å². The van der Waals surface area contributed by atoms with Gasteiger partial charge >= 0.3 is 0 Å². The molecule has 102 valence electrons. The highest BCUT2D eigenvalue weighted by Crippen LogP contribution is 2.13. The van der Waals surface area contributed by atoms with Gasteiger partial charge in [-0.3, -0.25) is 0 Å². The maximum Gasteiger partial charge on any atom is 0.211 e. The summed E-state index contributed by atoms with van der Waals surface area (Å²) in [6.45, 7) is 2.90. The predicted octanol–water partition coefficient (Wildman–Crippen LogP) is 0.933. The van der Waals surface area contributed by atoms with E-state index in [4.69, 9.17) is 14.6 Å². The summed E-state index contributed by atoms with van der Waals surface area (Å²) in [4.78, 5) is 0. The summed E-state index contributed by atoms with van der Waals surface area (Å²) in [5.74, 6) is 0.627. The Labute approximate surface area is 108 Å². The second kappa shape index (κ2) is 7.35. The molecule has 2 N–H and O–H groups in total. The first kappa shape index (κ1) is 14.9. The summed E-state index contributed by atoms with van der Waals surface area (Å²) in [7, 11) is -3.44. The first-order valence-electron chi connectivity index (χ1n) is 5.81. The number of benzene rings is 1. The molecule has 0 aliphatic carbocycles. The lowest BCUT2D eigenvalue weighted by Gasteiger charge is -2.07. The number of rotatable bonds is 8. The molecule has 0 aromatic heterocycles. The van der Waals surface area contributed by atoms with E-state index in [1.54, 1.807) is 0 Å². The fourth-order valence-electron chi connectivity index (χ4n) is 1.35. The van der Waals surface area contributed by atoms with E-state index < -0.39 is 10.0 Å². The van der Waals surface area contributed by atoms with Crippen LogP contribution in [-0.2, 0) is 21.2 Å². The molecule has 0 saturated heterocycles. The van der Waals surface area contributed by atoms with Crippen LogP contribution in [0.1, 0.15) is 12.5 Å². The van der Waals surface area contributed by atoms with Crippen molar-refractivity contribution in [2.24, 2.45) is 5.14 Å². The smallest absolute Gasteiger partial charge is 0.211 e. The van der Waals surface area contributed by atoms with Gasteiger partial charge in [-0.05, 0) is 24.1 Å². The van der Waals surface area contributed by atoms with Gasteiger partial charge in [0.1, 0.15) is 12.4 Å². The van der Waals surface area contributed by atoms with Crippen LogP contribution < -0.4 is 9.88 Å². The van der Waals surface area contributed by atoms with Crippen LogP contribution in [0.15, 0.2) is 24.3 Å². The summed E-state index contributed by atoms with van der Waals surface area (Å²) in [5, 5.41) is 4.83. The molecular weight excluding hydrogens is 254 g/mol. The van der Waals surface area contributed by atoms with Crippen molar-refractivity contribution in [1.29, 1.82) is 0 Å². The van der Waals surface area contributed by atoms with Crippen molar-refractivity contribution in [2.75, 3.05) is 25.6 Å². The second-order valence-electron chi connectivity index (χ2n) is 3.83. The van der Waals surface area contributed by atoms with Gasteiger partial charge in [0, 0.05) is 0 Å². The molecule has 1 aromatic rings. The molecule has 0 amide bonds. The molecule has 0 atom stereocenters. The number of ether oxygens (including phenoxy) is 2. The standard InChI is InChI=1S/C12H19NO4S/c1-2-11-4-3-5-12(10-11)17-7-6-16-8-9-18(13,14)15/h3-5,10H,2,6-9H2,1H3,(H2,13,14,15). The lowest BCUT2D eigenvalue weighted by atomic mass is 10.2. The fraction of sp³-hybridized carbons (Fsp3) is 0.500. The van der Waals surface area contributed by atoms with E-state index in [0.29, 0.717) is 13.2 Å². The quantitative estimate of drug-likeness (QED) is 0.715. The zero-order chi connectivity index (χ0) is 13.4. The van der Waals surface area contributed by atoms with Gasteiger partial charge in [-0.2, -0.15) is 0 Å². The van der Waals surface area contributed by atoms with Gasteiger partial charge in [-0.15, -0.1) is 0 Å². The van der Waals surface area contributed by atoms with Gasteiger partial charge in [0.05, 0.1) is 19.0 Å². The third kappa shape index (κ3) is 6.58. The highest BCUT2D eigenvalue weighted by atomic mass is 32.2. The van der Waals surface area contributed by atoms with Gasteiger partial charge in [-0.1, -0.05) is 19.1 Å². The van der Waals surface area contributed by atoms with Crippen LogP contribution in [0.5, 0.6) is 5.75 Å². The van der Waals surface area contributed by atoms with E-state index in [1.807, 2.05) is 24.3 Å². The number of primary sulfonamides is 1. The number of sulfonamides is 1. The molecule has 5 nitrogen and oxygen atoms in total. The maximum absolute atomic E-state index is 10.6. The number of nitrogens with two attached hydrogens (primary N) is 1. The molecule has 1 rings (SSSR count). The SMILES string of the molecule is CCc1cccc(OCCOCCS(N)(=O)=O)c1. The van der Waals surface area contributed by atoms with Crippen molar-refractivity contribution in [2.45, 2.75) is 13.3 Å². The third-order valence-corrected chi connectivity index (χ3v) is 3.05. The number of aryl methyl sites for hydroxylation is 1. The minimum Gasteiger partial charge on any atom is -0.491 e. The Morgan fingerprint density at radius 2 is 2.00 bits per heavy atom. The molecule has 0 heterocycles. The zero-order valence-electron chi connectivity index (χ0n) is 10.5. The Hall–Kier alpha value is -1.11. The first-order chi connectivity index (χ1) is 8.51. The van der Waals surface area contributed by atoms with Crippen LogP contribution >= 0.6 is 0 Å². The Morgan fingerprint density at radius 3 is 2.67 bits per heavy atom. The van der Waals surface area contributed by atoms with E-state index in [2.05, 4.69) is 6.92 Å². The minimum absolute atomic E-state index is 0.0944. The highest BCUT2D eigenvalue weighted by molar-refractivity contribution is 7.89. The molecule has 0 aliphatic heterocycles. The topological polar surface area (TPSA) is 78.6 Å². The summed E-state index contributed by atoms with van der Waals surface area (Å²) in [6.07, 6.45) is 0.960. The van der Waals surface area contributed by atoms with Crippen molar-refractivity contribution < 1.29 is 17.9 Å². The molecule has 0 fully saturated rings. The number of hydrogen-bond donors (Lipinski definition) is 1. The second-order valence-corrected chi connectivity index (χ2v) is 5.56. The summed E-state index contributed by atoms with van der Waals surface area (Å²) in [5.41, 5.74) is 1.21. The molecule has 6 heteroatoms. The van der Waals surface area contributed by atoms with Crippen LogP contribution in [0, 0.1) is 0 Å². The van der Waals surface area contributed by atoms with E-state index in [0.717, 1.165) is 12.2 Å². The largest absolute Gasteiger partial charge is 0.491 e. The Bertz CT molecular complexity index is 459. The van der Waals surface area contributed by atoms with Crippen LogP contribution in [0.2, 0.25) is 0 Å². The molecule has 0 radical (unpaired) electrons. The van der Waals surface area contributed by atoms with Crippen molar-refractivity contribution in [3.8, 4) is 5.75 Å². The normalized spacial score (nSPS) is 11.4. The average molecular weight is 273 g/mol. The van der Waals surface area contributed by atoms with E-state index >= 15 is 0 Å². The van der Waals surface area contributed by atoms with Crippen molar-refractivity contribution in [3.05, 3.63) is 29.8 Å². The minimum atomic E-state index is -3.44. The summed E-state index contributed by atoms with van der Waals surface area (Å²) >= 11 is 0. The van der Waals surface area contributed by atoms with Crippen molar-refractivity contribution in [1.82, 2.24) is 0 Å². The van der Waals surface area contributed by atoms with Crippen molar-refractivity contribution >= 4 is 10.0 Å². The van der Waals surface area contributed by atoms with Crippen LogP contribution in [0.3, 0.4) is 0 Å². The lowest BCUT2D eigenvalue weighted by molar-refractivity contribution is 0.111. The molecule has 1 aromatic carbocycles. The Morgan fingerprint density at radius 1 is 1.22 bits per heavy atom. The third-order valence-electron chi connectivity index (χ3n) is 2.32. The van der Waals surface area contributed by atoms with Crippen molar-refractivity contribution in [3.63, 3.8) is 0 Å². The number of hydrogen-bond acceptors (Lipinski definition) is 4. The van der Waals surface area contributed by atoms with E-state index in [-0.39, 0.29) is 12.4 Å². The molecule has 0 saturated carbocycles. The zero-order valence-corrected chi connectivity index (χ0v) is 11.3. The van der Waals surface area contributed by atoms with Gasteiger partial charge < -0.3 is 9.47 Å². The van der Waals surface area contributed by atoms with Gasteiger partial charge in [0.25, 0.3) is 0 Å². The van der Waals surface area contributed by atoms with Gasteiger partial charge in [-0.25, -0.2) is 13.6 Å².